The molecule has 3 amide bonds. The number of hydrogen-bond acceptors (Lipinski definition) is 14. The van der Waals surface area contributed by atoms with Crippen molar-refractivity contribution in [1.82, 2.24) is 45.2 Å². The van der Waals surface area contributed by atoms with Crippen LogP contribution in [0.15, 0.2) is 71.4 Å². The molecule has 16 nitrogen and oxygen atoms in total. The van der Waals surface area contributed by atoms with Crippen LogP contribution < -0.4 is 10.6 Å². The van der Waals surface area contributed by atoms with Crippen LogP contribution in [0.25, 0.3) is 26.7 Å². The first-order valence-electron chi connectivity index (χ1n) is 22.1. The number of likely N-dealkylation sites (tertiary alicyclic amines) is 1. The van der Waals surface area contributed by atoms with Gasteiger partial charge in [-0.2, -0.15) is 0 Å². The maximum Gasteiger partial charge on any atom is 0.305 e. The molecule has 3 N–H and O–H groups in total. The van der Waals surface area contributed by atoms with E-state index < -0.39 is 47.4 Å². The van der Waals surface area contributed by atoms with Crippen molar-refractivity contribution in [1.29, 1.82) is 0 Å². The van der Waals surface area contributed by atoms with Gasteiger partial charge in [0.25, 0.3) is 5.91 Å². The molecular formula is C49H54N10O6S2. The van der Waals surface area contributed by atoms with Crippen LogP contribution in [0.4, 0.5) is 0 Å². The van der Waals surface area contributed by atoms with E-state index in [1.807, 2.05) is 100 Å². The fourth-order valence-electron chi connectivity index (χ4n) is 8.57. The van der Waals surface area contributed by atoms with Crippen LogP contribution in [-0.4, -0.2) is 101 Å². The molecule has 1 fully saturated rings. The second-order valence-electron chi connectivity index (χ2n) is 18.2. The van der Waals surface area contributed by atoms with E-state index in [0.29, 0.717) is 23.5 Å². The second kappa shape index (κ2) is 19.0. The Morgan fingerprint density at radius 1 is 0.940 bits per heavy atom. The molecule has 0 spiro atoms. The van der Waals surface area contributed by atoms with Crippen molar-refractivity contribution >= 4 is 52.1 Å². The predicted octanol–water partition coefficient (Wildman–Crippen LogP) is 6.97. The van der Waals surface area contributed by atoms with E-state index in [1.54, 1.807) is 28.9 Å². The van der Waals surface area contributed by atoms with Crippen molar-refractivity contribution < 1.29 is 29.0 Å². The molecule has 0 saturated carbocycles. The largest absolute Gasteiger partial charge is 0.469 e. The van der Waals surface area contributed by atoms with E-state index in [4.69, 9.17) is 9.73 Å². The van der Waals surface area contributed by atoms with Crippen LogP contribution in [0.3, 0.4) is 0 Å². The average molecular weight is 943 g/mol. The number of hydrogen-bond donors (Lipinski definition) is 3. The lowest BCUT2D eigenvalue weighted by Gasteiger charge is -2.35. The van der Waals surface area contributed by atoms with Crippen LogP contribution in [0.2, 0.25) is 0 Å². The van der Waals surface area contributed by atoms with E-state index in [9.17, 15) is 24.3 Å². The van der Waals surface area contributed by atoms with Gasteiger partial charge < -0.3 is 25.4 Å². The number of fused-ring (bicyclic) bond motifs is 3. The molecule has 5 atom stereocenters. The molecule has 0 unspecified atom stereocenters. The standard InChI is InChI=1S/C49H54N10O6S2/c1-25-28(4)67-48-40(25)41(54-35(18-19-39(61)65-9)44-57-56-29(5)59(44)48)32-14-12-31(13-15-32)36-21-50-22-37(53-36)45(62)55-43(49(6,7)8)47(64)58-23-34(60)20-38(58)46(63)52-26(2)30-10-16-33(17-11-30)42-27(3)51-24-66-42/h10-17,21-22,24,26,34-35,38,43,60H,18-20,23H2,1-9H3,(H,52,63)(H,55,62)/t26-,34+,35-,38-,43+/m0/s1. The molecule has 8 rings (SSSR count). The monoisotopic (exact) mass is 942 g/mol. The van der Waals surface area contributed by atoms with Gasteiger partial charge in [-0.1, -0.05) is 69.3 Å². The fraction of sp³-hybridized carbons (Fsp3) is 0.388. The van der Waals surface area contributed by atoms with Crippen molar-refractivity contribution in [2.24, 2.45) is 10.4 Å². The zero-order valence-electron chi connectivity index (χ0n) is 38.9. The van der Waals surface area contributed by atoms with Gasteiger partial charge in [0.1, 0.15) is 34.6 Å². The van der Waals surface area contributed by atoms with E-state index in [0.717, 1.165) is 59.8 Å². The van der Waals surface area contributed by atoms with Crippen molar-refractivity contribution in [2.45, 2.75) is 105 Å². The van der Waals surface area contributed by atoms with E-state index in [2.05, 4.69) is 49.6 Å². The van der Waals surface area contributed by atoms with Gasteiger partial charge in [-0.3, -0.25) is 33.7 Å². The van der Waals surface area contributed by atoms with Gasteiger partial charge in [-0.25, -0.2) is 9.97 Å². The Morgan fingerprint density at radius 2 is 1.64 bits per heavy atom. The van der Waals surface area contributed by atoms with Crippen LogP contribution in [-0.2, 0) is 19.1 Å². The Labute approximate surface area is 397 Å². The summed E-state index contributed by atoms with van der Waals surface area (Å²) in [5, 5.41) is 26.6. The smallest absolute Gasteiger partial charge is 0.305 e. The van der Waals surface area contributed by atoms with E-state index >= 15 is 0 Å². The predicted molar refractivity (Wildman–Crippen MR) is 256 cm³/mol. The number of β-amino-alcohol motifs (C(OH)–C–C–N with tert-alkyl or cyclic N) is 1. The average Bonchev–Trinajstić information content (AvgIpc) is 4.08. The maximum absolute atomic E-state index is 14.4. The molecule has 0 radical (unpaired) electrons. The van der Waals surface area contributed by atoms with Crippen LogP contribution in [0.1, 0.15) is 114 Å². The number of thiophene rings is 1. The quantitative estimate of drug-likeness (QED) is 0.107. The number of esters is 1. The third-order valence-corrected chi connectivity index (χ3v) is 14.6. The minimum Gasteiger partial charge on any atom is -0.469 e. The Balaban J connectivity index is 0.992. The lowest BCUT2D eigenvalue weighted by Crippen LogP contribution is -2.58. The molecule has 4 aromatic heterocycles. The number of nitrogens with zero attached hydrogens (tertiary/aromatic N) is 8. The molecule has 18 heteroatoms. The number of aliphatic hydroxyl groups is 1. The highest BCUT2D eigenvalue weighted by molar-refractivity contribution is 7.15. The third-order valence-electron chi connectivity index (χ3n) is 12.4. The summed E-state index contributed by atoms with van der Waals surface area (Å²) in [5.41, 5.74) is 8.67. The molecule has 67 heavy (non-hydrogen) atoms. The summed E-state index contributed by atoms with van der Waals surface area (Å²) in [4.78, 5) is 76.8. The number of carbonyl (C=O) groups excluding carboxylic acids is 4. The van der Waals surface area contributed by atoms with Gasteiger partial charge in [0.2, 0.25) is 11.8 Å². The van der Waals surface area contributed by atoms with Crippen molar-refractivity contribution in [2.75, 3.05) is 13.7 Å². The minimum atomic E-state index is -1.08. The SMILES string of the molecule is COC(=O)CC[C@@H]1N=C(c2ccc(-c3cncc(C(=O)N[C@H](C(=O)N4C[C@H](O)C[C@H]4C(=O)N[C@@H](C)c4ccc(-c5scnc5C)cc4)C(C)(C)C)n3)cc2)c2c(sc(C)c2C)-n2c(C)nnc21. The topological polar surface area (TPSA) is 207 Å². The molecular weight excluding hydrogens is 889 g/mol. The van der Waals surface area contributed by atoms with Crippen LogP contribution in [0, 0.1) is 33.1 Å². The number of carbonyl (C=O) groups is 4. The molecule has 6 heterocycles. The number of rotatable bonds is 12. The number of amides is 3. The Morgan fingerprint density at radius 3 is 2.31 bits per heavy atom. The highest BCUT2D eigenvalue weighted by Gasteiger charge is 2.45. The number of aliphatic imine (C=N–C) groups is 1. The number of ether oxygens (including phenoxy) is 1. The number of thiazole rings is 1. The van der Waals surface area contributed by atoms with E-state index in [-0.39, 0.29) is 37.1 Å². The fourth-order valence-corrected chi connectivity index (χ4v) is 10.6. The normalized spacial score (nSPS) is 17.7. The number of aryl methyl sites for hydroxylation is 3. The molecule has 6 aromatic rings. The summed E-state index contributed by atoms with van der Waals surface area (Å²) in [6.07, 6.45) is 2.59. The highest BCUT2D eigenvalue weighted by Crippen LogP contribution is 2.40. The van der Waals surface area contributed by atoms with Crippen molar-refractivity contribution in [3.63, 3.8) is 0 Å². The molecule has 348 valence electrons. The van der Waals surface area contributed by atoms with Gasteiger partial charge in [-0.05, 0) is 63.1 Å². The van der Waals surface area contributed by atoms with Gasteiger partial charge in [0.15, 0.2) is 5.82 Å². The number of aromatic nitrogens is 6. The minimum absolute atomic E-state index is 0.00118. The van der Waals surface area contributed by atoms with Gasteiger partial charge >= 0.3 is 5.97 Å². The zero-order valence-corrected chi connectivity index (χ0v) is 40.6. The van der Waals surface area contributed by atoms with Gasteiger partial charge in [-0.15, -0.1) is 32.9 Å². The van der Waals surface area contributed by atoms with Gasteiger partial charge in [0.05, 0.1) is 59.1 Å². The summed E-state index contributed by atoms with van der Waals surface area (Å²) >= 11 is 3.21. The summed E-state index contributed by atoms with van der Waals surface area (Å²) in [5.74, 6) is -0.453. The molecule has 0 bridgehead atoms. The van der Waals surface area contributed by atoms with Crippen molar-refractivity contribution in [3.05, 3.63) is 117 Å². The molecule has 2 aliphatic heterocycles. The van der Waals surface area contributed by atoms with Crippen LogP contribution in [0.5, 0.6) is 0 Å². The first kappa shape index (κ1) is 47.0. The second-order valence-corrected chi connectivity index (χ2v) is 20.2. The molecule has 0 aliphatic carbocycles. The Bertz CT molecular complexity index is 2880. The molecule has 2 aliphatic rings. The summed E-state index contributed by atoms with van der Waals surface area (Å²) in [6, 6.07) is 12.7. The van der Waals surface area contributed by atoms with Crippen molar-refractivity contribution in [3.8, 4) is 26.7 Å². The Hall–Kier alpha value is -6.50. The number of methoxy groups -OCH3 is 1. The maximum atomic E-state index is 14.4. The molecule has 2 aromatic carbocycles. The number of benzene rings is 2. The summed E-state index contributed by atoms with van der Waals surface area (Å²) in [6.45, 7) is 15.3. The lowest BCUT2D eigenvalue weighted by atomic mass is 9.85. The lowest BCUT2D eigenvalue weighted by molar-refractivity contribution is -0.142. The first-order valence-corrected chi connectivity index (χ1v) is 23.8. The summed E-state index contributed by atoms with van der Waals surface area (Å²) < 4.78 is 6.98. The first-order chi connectivity index (χ1) is 31.9. The third kappa shape index (κ3) is 9.55. The summed E-state index contributed by atoms with van der Waals surface area (Å²) in [7, 11) is 1.37. The van der Waals surface area contributed by atoms with Crippen LogP contribution >= 0.6 is 22.7 Å². The zero-order chi connectivity index (χ0) is 47.9. The number of aliphatic hydroxyl groups excluding tert-OH is 1. The van der Waals surface area contributed by atoms with E-state index in [1.165, 1.54) is 18.2 Å². The molecule has 1 saturated heterocycles. The number of nitrogens with one attached hydrogen (secondary N) is 2. The Kier molecular flexibility index (Phi) is 13.3. The van der Waals surface area contributed by atoms with Gasteiger partial charge in [0, 0.05) is 41.0 Å². The highest BCUT2D eigenvalue weighted by atomic mass is 32.1.